The van der Waals surface area contributed by atoms with E-state index < -0.39 is 0 Å². The Kier molecular flexibility index (Phi) is 8.66. The van der Waals surface area contributed by atoms with Crippen molar-refractivity contribution in [2.75, 3.05) is 5.32 Å². The second kappa shape index (κ2) is 14.5. The van der Waals surface area contributed by atoms with E-state index >= 15 is 0 Å². The molecule has 4 heterocycles. The van der Waals surface area contributed by atoms with E-state index in [4.69, 9.17) is 4.42 Å². The number of benzene rings is 8. The van der Waals surface area contributed by atoms with Crippen LogP contribution in [-0.2, 0) is 17.3 Å². The first-order valence-electron chi connectivity index (χ1n) is 24.1. The third-order valence-corrected chi connectivity index (χ3v) is 15.4. The number of anilines is 2. The van der Waals surface area contributed by atoms with Crippen molar-refractivity contribution in [2.45, 2.75) is 84.0 Å². The average Bonchev–Trinajstić information content (AvgIpc) is 3.98. The third kappa shape index (κ3) is 5.84. The number of furan rings is 1. The molecular weight excluding hydrogens is 802 g/mol. The van der Waals surface area contributed by atoms with Gasteiger partial charge in [0.2, 0.25) is 7.28 Å². The number of rotatable bonds is 8. The molecule has 2 aliphatic rings. The Hall–Kier alpha value is -6.98. The van der Waals surface area contributed by atoms with Crippen molar-refractivity contribution in [2.24, 2.45) is 0 Å². The van der Waals surface area contributed by atoms with Gasteiger partial charge in [-0.05, 0) is 136 Å². The molecule has 1 aliphatic heterocycles. The van der Waals surface area contributed by atoms with Crippen LogP contribution in [0.15, 0.2) is 156 Å². The molecular formula is C61H53BN3O. The Balaban J connectivity index is 1.15. The van der Waals surface area contributed by atoms with Gasteiger partial charge in [-0.2, -0.15) is 0 Å². The number of hydrogen-bond acceptors (Lipinski definition) is 2. The summed E-state index contributed by atoms with van der Waals surface area (Å²) in [6, 6.07) is 56.8. The molecule has 1 N–H and O–H groups in total. The average molecular weight is 855 g/mol. The summed E-state index contributed by atoms with van der Waals surface area (Å²) in [5.74, 6) is 0. The summed E-state index contributed by atoms with van der Waals surface area (Å²) in [6.45, 7) is 11.9. The monoisotopic (exact) mass is 854 g/mol. The summed E-state index contributed by atoms with van der Waals surface area (Å²) in [7, 11) is 2.36. The molecule has 66 heavy (non-hydrogen) atoms. The Morgan fingerprint density at radius 3 is 1.97 bits per heavy atom. The first-order valence-corrected chi connectivity index (χ1v) is 24.1. The van der Waals surface area contributed by atoms with Gasteiger partial charge in [0.1, 0.15) is 5.58 Å². The molecule has 11 aromatic rings. The maximum atomic E-state index is 7.20. The second-order valence-corrected chi connectivity index (χ2v) is 20.4. The van der Waals surface area contributed by atoms with Crippen molar-refractivity contribution >= 4 is 95.1 Å². The minimum absolute atomic E-state index is 0.0483. The maximum absolute atomic E-state index is 7.20. The molecule has 0 spiro atoms. The number of hydrogen-bond donors (Lipinski definition) is 1. The molecule has 0 saturated carbocycles. The molecule has 0 amide bonds. The van der Waals surface area contributed by atoms with E-state index in [0.717, 1.165) is 69.8 Å². The van der Waals surface area contributed by atoms with E-state index in [1.165, 1.54) is 95.7 Å². The first-order chi connectivity index (χ1) is 32.2. The molecule has 3 aromatic heterocycles. The number of fused-ring (bicyclic) bond motifs is 12. The number of aromatic nitrogens is 2. The zero-order valence-electron chi connectivity index (χ0n) is 38.6. The van der Waals surface area contributed by atoms with E-state index in [0.29, 0.717) is 0 Å². The number of nitrogens with zero attached hydrogens (tertiary/aromatic N) is 2. The van der Waals surface area contributed by atoms with Gasteiger partial charge in [0.05, 0.1) is 39.1 Å². The van der Waals surface area contributed by atoms with Crippen LogP contribution < -0.4 is 16.4 Å². The van der Waals surface area contributed by atoms with Crippen molar-refractivity contribution in [3.05, 3.63) is 168 Å². The molecule has 1 radical (unpaired) electrons. The number of nitrogens with one attached hydrogen (secondary N) is 1. The predicted octanol–water partition coefficient (Wildman–Crippen LogP) is 15.2. The first kappa shape index (κ1) is 39.4. The molecule has 321 valence electrons. The zero-order valence-corrected chi connectivity index (χ0v) is 38.6. The summed E-state index contributed by atoms with van der Waals surface area (Å²) in [5, 5.41) is 12.5. The van der Waals surface area contributed by atoms with E-state index in [9.17, 15) is 0 Å². The highest BCUT2D eigenvalue weighted by molar-refractivity contribution is 6.73. The molecule has 4 nitrogen and oxygen atoms in total. The van der Waals surface area contributed by atoms with Crippen molar-refractivity contribution in [1.29, 1.82) is 0 Å². The van der Waals surface area contributed by atoms with Gasteiger partial charge in [-0.25, -0.2) is 0 Å². The van der Waals surface area contributed by atoms with Gasteiger partial charge in [0, 0.05) is 43.9 Å². The van der Waals surface area contributed by atoms with Crippen LogP contribution in [0.4, 0.5) is 11.4 Å². The predicted molar refractivity (Wildman–Crippen MR) is 281 cm³/mol. The molecule has 1 aliphatic carbocycles. The molecule has 0 fully saturated rings. The molecule has 8 aromatic carbocycles. The van der Waals surface area contributed by atoms with E-state index in [2.05, 4.69) is 208 Å². The van der Waals surface area contributed by atoms with Crippen LogP contribution in [-0.4, -0.2) is 16.4 Å². The van der Waals surface area contributed by atoms with Crippen molar-refractivity contribution in [3.63, 3.8) is 0 Å². The number of para-hydroxylation sites is 3. The lowest BCUT2D eigenvalue weighted by Gasteiger charge is -2.41. The fourth-order valence-corrected chi connectivity index (χ4v) is 11.8. The van der Waals surface area contributed by atoms with Crippen LogP contribution in [0.25, 0.3) is 87.9 Å². The van der Waals surface area contributed by atoms with Crippen LogP contribution in [0.3, 0.4) is 0 Å². The van der Waals surface area contributed by atoms with Crippen molar-refractivity contribution in [1.82, 2.24) is 9.13 Å². The Labute approximate surface area is 387 Å². The Morgan fingerprint density at radius 2 is 1.24 bits per heavy atom. The number of aryl methyl sites for hydroxylation is 1. The van der Waals surface area contributed by atoms with E-state index in [1.807, 2.05) is 0 Å². The highest BCUT2D eigenvalue weighted by atomic mass is 16.3. The molecule has 13 rings (SSSR count). The maximum Gasteiger partial charge on any atom is 0.247 e. The van der Waals surface area contributed by atoms with Gasteiger partial charge in [0.15, 0.2) is 0 Å². The van der Waals surface area contributed by atoms with Crippen molar-refractivity contribution < 1.29 is 4.42 Å². The van der Waals surface area contributed by atoms with Crippen LogP contribution in [0.1, 0.15) is 83.4 Å². The fourth-order valence-electron chi connectivity index (χ4n) is 11.8. The molecule has 0 saturated heterocycles. The zero-order chi connectivity index (χ0) is 44.5. The van der Waals surface area contributed by atoms with Crippen LogP contribution in [0, 0.1) is 0 Å². The molecule has 0 atom stereocenters. The molecule has 0 bridgehead atoms. The van der Waals surface area contributed by atoms with Crippen molar-refractivity contribution in [3.8, 4) is 22.5 Å². The van der Waals surface area contributed by atoms with Gasteiger partial charge in [-0.15, -0.1) is 0 Å². The minimum atomic E-state index is 0.0483. The minimum Gasteiger partial charge on any atom is -0.469 e. The topological polar surface area (TPSA) is 35.0 Å². The summed E-state index contributed by atoms with van der Waals surface area (Å²) in [5.41, 5.74) is 18.9. The third-order valence-electron chi connectivity index (χ3n) is 15.4. The van der Waals surface area contributed by atoms with Crippen LogP contribution in [0.5, 0.6) is 0 Å². The lowest BCUT2D eigenvalue weighted by atomic mass is 9.61. The number of unbranched alkanes of at least 4 members (excludes halogenated alkanes) is 2. The largest absolute Gasteiger partial charge is 0.469 e. The van der Waals surface area contributed by atoms with Crippen LogP contribution in [0.2, 0.25) is 0 Å². The Morgan fingerprint density at radius 1 is 0.591 bits per heavy atom. The van der Waals surface area contributed by atoms with E-state index in [1.54, 1.807) is 0 Å². The molecule has 5 heteroatoms. The Bertz CT molecular complexity index is 3730. The SMILES string of the molecule is CCCCCc1ccc(Nc2ccccc2-c2cc(-n3c4ccccc4c4ccccc43)c3c4cc5ccccc5cc4n4c3c2[B]c2oc3cc5c(cc3c2-4)C(C)(C)CCC5(C)C)cc1. The lowest BCUT2D eigenvalue weighted by molar-refractivity contribution is 0.332. The lowest BCUT2D eigenvalue weighted by Crippen LogP contribution is -2.36. The smallest absolute Gasteiger partial charge is 0.247 e. The second-order valence-electron chi connectivity index (χ2n) is 20.4. The van der Waals surface area contributed by atoms with Gasteiger partial charge in [0.25, 0.3) is 0 Å². The van der Waals surface area contributed by atoms with Gasteiger partial charge < -0.3 is 18.9 Å². The van der Waals surface area contributed by atoms with Gasteiger partial charge in [-0.1, -0.05) is 138 Å². The fraction of sp³-hybridized carbons (Fsp3) is 0.213. The molecule has 0 unspecified atom stereocenters. The van der Waals surface area contributed by atoms with E-state index in [-0.39, 0.29) is 10.8 Å². The highest BCUT2D eigenvalue weighted by Gasteiger charge is 2.39. The highest BCUT2D eigenvalue weighted by Crippen LogP contribution is 2.50. The summed E-state index contributed by atoms with van der Waals surface area (Å²) >= 11 is 0. The van der Waals surface area contributed by atoms with Gasteiger partial charge >= 0.3 is 0 Å². The quantitative estimate of drug-likeness (QED) is 0.122. The summed E-state index contributed by atoms with van der Waals surface area (Å²) < 4.78 is 12.3. The summed E-state index contributed by atoms with van der Waals surface area (Å²) in [6.07, 6.45) is 7.13. The standard InChI is InChI=1S/C61H53BN3O/c1-6-7-8-17-37-26-28-40(29-27-37)63-49-23-14-11-20-41(49)44-35-53(64-50-24-15-12-21-42(50)43-22-13-16-25-51(43)64)55-45-32-38-18-9-10-19-39(38)33-52(45)65-57-46-34-47-48(61(4,5)31-30-60(47,2)3)36-54(46)66-59(57)62-56(44)58(55)65/h9-16,18-29,32-36,63H,6-8,17,30-31H2,1-5H3. The summed E-state index contributed by atoms with van der Waals surface area (Å²) in [4.78, 5) is 0. The normalized spacial score (nSPS) is 14.9. The van der Waals surface area contributed by atoms with Crippen LogP contribution >= 0.6 is 0 Å². The van der Waals surface area contributed by atoms with Gasteiger partial charge in [-0.3, -0.25) is 0 Å².